The van der Waals surface area contributed by atoms with Crippen LogP contribution in [0.5, 0.6) is 0 Å². The lowest BCUT2D eigenvalue weighted by atomic mass is 9.62. The van der Waals surface area contributed by atoms with E-state index in [-0.39, 0.29) is 29.6 Å². The topological polar surface area (TPSA) is 71.7 Å². The number of amides is 2. The van der Waals surface area contributed by atoms with Crippen molar-refractivity contribution in [3.05, 3.63) is 35.5 Å². The maximum atomic E-state index is 15.3. The summed E-state index contributed by atoms with van der Waals surface area (Å²) < 4.78 is 51.4. The summed E-state index contributed by atoms with van der Waals surface area (Å²) >= 11 is 0. The van der Waals surface area contributed by atoms with Gasteiger partial charge in [0.25, 0.3) is 5.89 Å². The summed E-state index contributed by atoms with van der Waals surface area (Å²) in [6.45, 7) is 6.60. The molecule has 0 N–H and O–H groups in total. The number of hydrogen-bond acceptors (Lipinski definition) is 5. The summed E-state index contributed by atoms with van der Waals surface area (Å²) in [6, 6.07) is 4.26. The van der Waals surface area contributed by atoms with Crippen LogP contribution in [-0.4, -0.2) is 57.9 Å². The van der Waals surface area contributed by atoms with Crippen molar-refractivity contribution in [2.75, 3.05) is 26.3 Å². The Morgan fingerprint density at radius 3 is 2.47 bits per heavy atom. The van der Waals surface area contributed by atoms with Crippen LogP contribution in [0, 0.1) is 23.6 Å². The number of carbonyl (C=O) groups excluding carboxylic acids is 1. The molecule has 2 amide bonds. The van der Waals surface area contributed by atoms with Gasteiger partial charge in [-0.1, -0.05) is 13.0 Å². The lowest BCUT2D eigenvalue weighted by molar-refractivity contribution is -0.0136. The fraction of sp³-hybridized carbons (Fsp3) is 0.654. The monoisotopic (exact) mass is 506 g/mol. The van der Waals surface area contributed by atoms with Gasteiger partial charge in [0.05, 0.1) is 19.8 Å². The van der Waals surface area contributed by atoms with Crippen LogP contribution in [0.3, 0.4) is 0 Å². The molecule has 2 aliphatic carbocycles. The van der Waals surface area contributed by atoms with Crippen LogP contribution in [0.15, 0.2) is 22.6 Å². The number of aromatic nitrogens is 2. The van der Waals surface area contributed by atoms with E-state index in [1.807, 2.05) is 4.90 Å². The molecule has 1 aliphatic heterocycles. The molecule has 0 spiro atoms. The van der Waals surface area contributed by atoms with Crippen molar-refractivity contribution in [3.63, 3.8) is 0 Å². The van der Waals surface area contributed by atoms with E-state index < -0.39 is 18.1 Å². The molecule has 196 valence electrons. The lowest BCUT2D eigenvalue weighted by Crippen LogP contribution is -2.59. The molecule has 2 unspecified atom stereocenters. The Kier molecular flexibility index (Phi) is 6.98. The van der Waals surface area contributed by atoms with Crippen LogP contribution in [0.1, 0.15) is 63.8 Å². The first-order valence-electron chi connectivity index (χ1n) is 12.8. The van der Waals surface area contributed by atoms with Crippen LogP contribution in [0.4, 0.5) is 18.0 Å². The molecule has 2 heterocycles. The Labute approximate surface area is 209 Å². The second-order valence-electron chi connectivity index (χ2n) is 11.0. The second-order valence-corrected chi connectivity index (χ2v) is 11.0. The first-order valence-corrected chi connectivity index (χ1v) is 12.8. The summed E-state index contributed by atoms with van der Waals surface area (Å²) in [7, 11) is 0. The SMILES string of the molecule is CC1CC2CC(C1)CC(C)(N(Cc1ccc(-c3nnc(C(F)F)o3)cc1F)C(=O)N1CCOCC1)C2. The van der Waals surface area contributed by atoms with E-state index in [1.54, 1.807) is 17.0 Å². The minimum Gasteiger partial charge on any atom is -0.415 e. The number of ether oxygens (including phenoxy) is 1. The number of alkyl halides is 2. The van der Waals surface area contributed by atoms with Crippen molar-refractivity contribution in [1.82, 2.24) is 20.0 Å². The van der Waals surface area contributed by atoms with Gasteiger partial charge < -0.3 is 19.0 Å². The van der Waals surface area contributed by atoms with Crippen molar-refractivity contribution < 1.29 is 27.1 Å². The van der Waals surface area contributed by atoms with Gasteiger partial charge >= 0.3 is 12.5 Å². The van der Waals surface area contributed by atoms with Crippen molar-refractivity contribution >= 4 is 6.03 Å². The predicted molar refractivity (Wildman–Crippen MR) is 126 cm³/mol. The number of morpholine rings is 1. The fourth-order valence-electron chi connectivity index (χ4n) is 6.61. The van der Waals surface area contributed by atoms with Gasteiger partial charge in [0.2, 0.25) is 5.89 Å². The van der Waals surface area contributed by atoms with Gasteiger partial charge in [-0.15, -0.1) is 10.2 Å². The molecule has 3 fully saturated rings. The highest BCUT2D eigenvalue weighted by molar-refractivity contribution is 5.75. The van der Waals surface area contributed by atoms with E-state index in [4.69, 9.17) is 9.15 Å². The van der Waals surface area contributed by atoms with E-state index in [2.05, 4.69) is 24.0 Å². The molecule has 5 rings (SSSR count). The van der Waals surface area contributed by atoms with E-state index in [1.165, 1.54) is 25.3 Å². The number of benzene rings is 1. The Balaban J connectivity index is 1.42. The van der Waals surface area contributed by atoms with Gasteiger partial charge in [-0.2, -0.15) is 8.78 Å². The molecule has 1 saturated heterocycles. The molecule has 10 heteroatoms. The number of rotatable bonds is 5. The van der Waals surface area contributed by atoms with Gasteiger partial charge in [0.1, 0.15) is 5.82 Å². The molecule has 2 aromatic rings. The number of hydrogen-bond donors (Lipinski definition) is 0. The normalized spacial score (nSPS) is 28.4. The molecule has 2 saturated carbocycles. The molecule has 1 aromatic heterocycles. The number of fused-ring (bicyclic) bond motifs is 2. The highest BCUT2D eigenvalue weighted by Gasteiger charge is 2.46. The summed E-state index contributed by atoms with van der Waals surface area (Å²) in [5, 5.41) is 6.92. The van der Waals surface area contributed by atoms with Crippen LogP contribution in [0.25, 0.3) is 11.5 Å². The number of halogens is 3. The Morgan fingerprint density at radius 2 is 1.86 bits per heavy atom. The molecular formula is C26H33F3N4O3. The molecule has 36 heavy (non-hydrogen) atoms. The second kappa shape index (κ2) is 10.0. The Hall–Kier alpha value is -2.62. The van der Waals surface area contributed by atoms with Crippen LogP contribution in [-0.2, 0) is 11.3 Å². The summed E-state index contributed by atoms with van der Waals surface area (Å²) in [6.07, 6.45) is 2.45. The number of nitrogens with zero attached hydrogens (tertiary/aromatic N) is 4. The summed E-state index contributed by atoms with van der Waals surface area (Å²) in [5.74, 6) is 0.303. The van der Waals surface area contributed by atoms with Crippen molar-refractivity contribution in [2.45, 2.75) is 64.5 Å². The molecule has 2 bridgehead atoms. The Morgan fingerprint density at radius 1 is 1.17 bits per heavy atom. The van der Waals surface area contributed by atoms with Gasteiger partial charge in [-0.3, -0.25) is 0 Å². The molecule has 7 nitrogen and oxygen atoms in total. The minimum absolute atomic E-state index is 0.0872. The first-order chi connectivity index (χ1) is 17.2. The average Bonchev–Trinajstić information content (AvgIpc) is 3.33. The van der Waals surface area contributed by atoms with Gasteiger partial charge in [-0.25, -0.2) is 9.18 Å². The van der Waals surface area contributed by atoms with E-state index in [9.17, 15) is 13.6 Å². The molecule has 3 aliphatic rings. The molecule has 2 atom stereocenters. The van der Waals surface area contributed by atoms with Gasteiger partial charge in [-0.05, 0) is 68.9 Å². The number of carbonyl (C=O) groups is 1. The highest BCUT2D eigenvalue weighted by Crippen LogP contribution is 2.49. The van der Waals surface area contributed by atoms with E-state index in [0.717, 1.165) is 12.8 Å². The van der Waals surface area contributed by atoms with E-state index in [0.29, 0.717) is 49.6 Å². The van der Waals surface area contributed by atoms with Crippen molar-refractivity contribution in [2.24, 2.45) is 17.8 Å². The van der Waals surface area contributed by atoms with E-state index >= 15 is 4.39 Å². The minimum atomic E-state index is -2.89. The fourth-order valence-corrected chi connectivity index (χ4v) is 6.61. The lowest BCUT2D eigenvalue weighted by Gasteiger charge is -2.53. The summed E-state index contributed by atoms with van der Waals surface area (Å²) in [4.78, 5) is 17.5. The smallest absolute Gasteiger partial charge is 0.320 e. The Bertz CT molecular complexity index is 1070. The van der Waals surface area contributed by atoms with Gasteiger partial charge in [0.15, 0.2) is 0 Å². The standard InChI is InChI=1S/C26H33F3N4O3/c1-16-9-17-11-18(10-16)14-26(2,13-17)33(25(34)32-5-7-35-8-6-32)15-20-4-3-19(12-21(20)27)23-30-31-24(36-23)22(28)29/h3-4,12,16-18,22H,5-11,13-15H2,1-2H3. The highest BCUT2D eigenvalue weighted by atomic mass is 19.3. The zero-order chi connectivity index (χ0) is 25.4. The molecular weight excluding hydrogens is 473 g/mol. The van der Waals surface area contributed by atoms with Crippen LogP contribution >= 0.6 is 0 Å². The third-order valence-electron chi connectivity index (χ3n) is 8.01. The average molecular weight is 507 g/mol. The largest absolute Gasteiger partial charge is 0.415 e. The molecule has 0 radical (unpaired) electrons. The van der Waals surface area contributed by atoms with Crippen molar-refractivity contribution in [1.29, 1.82) is 0 Å². The summed E-state index contributed by atoms with van der Waals surface area (Å²) in [5.41, 5.74) is 0.195. The quantitative estimate of drug-likeness (QED) is 0.522. The van der Waals surface area contributed by atoms with Gasteiger partial charge in [0, 0.05) is 29.8 Å². The molecule has 1 aromatic carbocycles. The maximum absolute atomic E-state index is 15.3. The third-order valence-corrected chi connectivity index (χ3v) is 8.01. The van der Waals surface area contributed by atoms with Crippen LogP contribution < -0.4 is 0 Å². The zero-order valence-electron chi connectivity index (χ0n) is 20.8. The van der Waals surface area contributed by atoms with Crippen molar-refractivity contribution in [3.8, 4) is 11.5 Å². The first kappa shape index (κ1) is 25.0. The predicted octanol–water partition coefficient (Wildman–Crippen LogP) is 5.67. The zero-order valence-corrected chi connectivity index (χ0v) is 20.8. The number of urea groups is 1. The maximum Gasteiger partial charge on any atom is 0.320 e. The van der Waals surface area contributed by atoms with Crippen LogP contribution in [0.2, 0.25) is 0 Å². The third kappa shape index (κ3) is 5.10.